The number of hydrogen-bond donors (Lipinski definition) is 1. The van der Waals surface area contributed by atoms with Gasteiger partial charge in [-0.1, -0.05) is 25.1 Å². The topological polar surface area (TPSA) is 41.6 Å². The second-order valence-electron chi connectivity index (χ2n) is 7.03. The summed E-state index contributed by atoms with van der Waals surface area (Å²) >= 11 is 0. The zero-order chi connectivity index (χ0) is 18.4. The third kappa shape index (κ3) is 4.31. The van der Waals surface area contributed by atoms with Gasteiger partial charge < -0.3 is 15.0 Å². The number of amides is 1. The lowest BCUT2D eigenvalue weighted by Crippen LogP contribution is -2.52. The molecule has 0 aliphatic carbocycles. The lowest BCUT2D eigenvalue weighted by atomic mass is 9.81. The minimum Gasteiger partial charge on any atom is -0.497 e. The molecule has 0 bridgehead atoms. The molecule has 4 heteroatoms. The van der Waals surface area contributed by atoms with Gasteiger partial charge >= 0.3 is 0 Å². The highest BCUT2D eigenvalue weighted by Crippen LogP contribution is 2.32. The van der Waals surface area contributed by atoms with Gasteiger partial charge in [0.15, 0.2) is 0 Å². The van der Waals surface area contributed by atoms with Crippen molar-refractivity contribution >= 4 is 5.91 Å². The molecule has 1 saturated heterocycles. The number of carbonyl (C=O) groups excluding carboxylic acids is 1. The van der Waals surface area contributed by atoms with E-state index < -0.39 is 5.41 Å². The predicted molar refractivity (Wildman–Crippen MR) is 103 cm³/mol. The van der Waals surface area contributed by atoms with Gasteiger partial charge in [0.25, 0.3) is 0 Å². The van der Waals surface area contributed by atoms with Gasteiger partial charge in [-0.3, -0.25) is 4.79 Å². The number of nitrogens with one attached hydrogen (secondary N) is 1. The molecular formula is C21H30N2O2. The van der Waals surface area contributed by atoms with Crippen molar-refractivity contribution in [2.45, 2.75) is 32.7 Å². The maximum Gasteiger partial charge on any atom is 0.229 e. The molecule has 25 heavy (non-hydrogen) atoms. The highest BCUT2D eigenvalue weighted by molar-refractivity contribution is 5.83. The van der Waals surface area contributed by atoms with E-state index >= 15 is 0 Å². The second-order valence-corrected chi connectivity index (χ2v) is 7.03. The second kappa shape index (κ2) is 8.34. The number of rotatable bonds is 7. The van der Waals surface area contributed by atoms with Crippen LogP contribution in [-0.2, 0) is 4.79 Å². The van der Waals surface area contributed by atoms with Gasteiger partial charge in [-0.15, -0.1) is 13.2 Å². The smallest absolute Gasteiger partial charge is 0.229 e. The number of nitrogens with zero attached hydrogens (tertiary/aromatic N) is 1. The fourth-order valence-electron chi connectivity index (χ4n) is 3.59. The van der Waals surface area contributed by atoms with Crippen molar-refractivity contribution < 1.29 is 9.53 Å². The molecular weight excluding hydrogens is 312 g/mol. The van der Waals surface area contributed by atoms with E-state index in [0.29, 0.717) is 19.4 Å². The fourth-order valence-corrected chi connectivity index (χ4v) is 3.59. The van der Waals surface area contributed by atoms with Crippen molar-refractivity contribution in [3.8, 4) is 5.75 Å². The lowest BCUT2D eigenvalue weighted by molar-refractivity contribution is -0.142. The van der Waals surface area contributed by atoms with E-state index in [-0.39, 0.29) is 11.9 Å². The van der Waals surface area contributed by atoms with Crippen LogP contribution in [0.5, 0.6) is 5.75 Å². The first kappa shape index (κ1) is 19.3. The zero-order valence-corrected chi connectivity index (χ0v) is 15.7. The molecule has 1 aromatic rings. The number of piperazine rings is 1. The maximum absolute atomic E-state index is 13.1. The number of aryl methyl sites for hydroxylation is 1. The van der Waals surface area contributed by atoms with E-state index in [4.69, 9.17) is 4.74 Å². The molecule has 1 fully saturated rings. The van der Waals surface area contributed by atoms with Crippen molar-refractivity contribution in [2.24, 2.45) is 5.41 Å². The summed E-state index contributed by atoms with van der Waals surface area (Å²) in [7, 11) is 1.67. The summed E-state index contributed by atoms with van der Waals surface area (Å²) in [6.07, 6.45) is 4.98. The minimum absolute atomic E-state index is 0.139. The first-order valence-electron chi connectivity index (χ1n) is 8.84. The largest absolute Gasteiger partial charge is 0.497 e. The van der Waals surface area contributed by atoms with Crippen LogP contribution in [0.3, 0.4) is 0 Å². The lowest BCUT2D eigenvalue weighted by Gasteiger charge is -2.39. The molecule has 0 unspecified atom stereocenters. The molecule has 0 spiro atoms. The van der Waals surface area contributed by atoms with Crippen LogP contribution >= 0.6 is 0 Å². The third-order valence-electron chi connectivity index (χ3n) is 5.02. The highest BCUT2D eigenvalue weighted by Gasteiger charge is 2.36. The van der Waals surface area contributed by atoms with Gasteiger partial charge in [-0.2, -0.15) is 0 Å². The number of ether oxygens (including phenoxy) is 1. The SMILES string of the molecule is C=CCC(C)(CC=C)C(=O)N1CCN[C@@H](c2ccc(OC)cc2C)C1. The van der Waals surface area contributed by atoms with Gasteiger partial charge in [0.05, 0.1) is 18.6 Å². The van der Waals surface area contributed by atoms with Crippen molar-refractivity contribution in [2.75, 3.05) is 26.7 Å². The van der Waals surface area contributed by atoms with Gasteiger partial charge in [0.1, 0.15) is 5.75 Å². The van der Waals surface area contributed by atoms with Gasteiger partial charge in [-0.25, -0.2) is 0 Å². The Labute approximate surface area is 151 Å². The zero-order valence-electron chi connectivity index (χ0n) is 15.7. The van der Waals surface area contributed by atoms with E-state index in [1.807, 2.05) is 36.1 Å². The third-order valence-corrected chi connectivity index (χ3v) is 5.02. The summed E-state index contributed by atoms with van der Waals surface area (Å²) in [5, 5.41) is 3.54. The molecule has 1 aromatic carbocycles. The van der Waals surface area contributed by atoms with Crippen LogP contribution in [0.2, 0.25) is 0 Å². The van der Waals surface area contributed by atoms with Gasteiger partial charge in [0, 0.05) is 19.6 Å². The van der Waals surface area contributed by atoms with E-state index in [2.05, 4.69) is 31.5 Å². The summed E-state index contributed by atoms with van der Waals surface area (Å²) in [5.41, 5.74) is 1.93. The number of methoxy groups -OCH3 is 1. The van der Waals surface area contributed by atoms with Crippen molar-refractivity contribution in [3.05, 3.63) is 54.6 Å². The summed E-state index contributed by atoms with van der Waals surface area (Å²) < 4.78 is 5.29. The number of carbonyl (C=O) groups is 1. The molecule has 1 amide bonds. The Balaban J connectivity index is 2.18. The average molecular weight is 342 g/mol. The van der Waals surface area contributed by atoms with Crippen LogP contribution in [0, 0.1) is 12.3 Å². The molecule has 4 nitrogen and oxygen atoms in total. The van der Waals surface area contributed by atoms with E-state index in [0.717, 1.165) is 18.8 Å². The van der Waals surface area contributed by atoms with Crippen LogP contribution < -0.4 is 10.1 Å². The molecule has 1 aliphatic rings. The van der Waals surface area contributed by atoms with Gasteiger partial charge in [-0.05, 0) is 43.0 Å². The summed E-state index contributed by atoms with van der Waals surface area (Å²) in [6.45, 7) is 13.9. The number of allylic oxidation sites excluding steroid dienone is 2. The Morgan fingerprint density at radius 1 is 1.40 bits per heavy atom. The first-order chi connectivity index (χ1) is 11.9. The monoisotopic (exact) mass is 342 g/mol. The standard InChI is InChI=1S/C21H30N2O2/c1-6-10-21(4,11-7-2)20(24)23-13-12-22-19(15-23)18-9-8-17(25-5)14-16(18)3/h6-9,14,19,22H,1-2,10-13,15H2,3-5H3/t19-/m1/s1. The van der Waals surface area contributed by atoms with Gasteiger partial charge in [0.2, 0.25) is 5.91 Å². The van der Waals surface area contributed by atoms with Crippen molar-refractivity contribution in [1.29, 1.82) is 0 Å². The molecule has 0 aromatic heterocycles. The van der Waals surface area contributed by atoms with Crippen LogP contribution in [0.1, 0.15) is 36.9 Å². The first-order valence-corrected chi connectivity index (χ1v) is 8.84. The average Bonchev–Trinajstić information content (AvgIpc) is 2.61. The number of benzene rings is 1. The summed E-state index contributed by atoms with van der Waals surface area (Å²) in [5.74, 6) is 1.04. The summed E-state index contributed by atoms with van der Waals surface area (Å²) in [4.78, 5) is 15.1. The fraction of sp³-hybridized carbons (Fsp3) is 0.476. The maximum atomic E-state index is 13.1. The molecule has 1 atom stereocenters. The van der Waals surface area contributed by atoms with Crippen molar-refractivity contribution in [1.82, 2.24) is 10.2 Å². The van der Waals surface area contributed by atoms with Crippen LogP contribution in [-0.4, -0.2) is 37.6 Å². The molecule has 136 valence electrons. The Morgan fingerprint density at radius 2 is 2.08 bits per heavy atom. The molecule has 0 saturated carbocycles. The Morgan fingerprint density at radius 3 is 2.64 bits per heavy atom. The summed E-state index contributed by atoms with van der Waals surface area (Å²) in [6, 6.07) is 6.24. The van der Waals surface area contributed by atoms with Crippen LogP contribution in [0.4, 0.5) is 0 Å². The Bertz CT molecular complexity index is 629. The van der Waals surface area contributed by atoms with Crippen LogP contribution in [0.25, 0.3) is 0 Å². The molecule has 1 heterocycles. The Kier molecular flexibility index (Phi) is 6.43. The Hall–Kier alpha value is -2.07. The van der Waals surface area contributed by atoms with Crippen molar-refractivity contribution in [3.63, 3.8) is 0 Å². The van der Waals surface area contributed by atoms with E-state index in [9.17, 15) is 4.79 Å². The quantitative estimate of drug-likeness (QED) is 0.769. The van der Waals surface area contributed by atoms with E-state index in [1.54, 1.807) is 7.11 Å². The molecule has 1 N–H and O–H groups in total. The minimum atomic E-state index is -0.458. The normalized spacial score (nSPS) is 17.9. The molecule has 0 radical (unpaired) electrons. The van der Waals surface area contributed by atoms with Crippen LogP contribution in [0.15, 0.2) is 43.5 Å². The molecule has 1 aliphatic heterocycles. The highest BCUT2D eigenvalue weighted by atomic mass is 16.5. The van der Waals surface area contributed by atoms with E-state index in [1.165, 1.54) is 11.1 Å². The molecule has 2 rings (SSSR count). The number of hydrogen-bond acceptors (Lipinski definition) is 3. The predicted octanol–water partition coefficient (Wildman–Crippen LogP) is 3.64.